The first-order valence-electron chi connectivity index (χ1n) is 14.0. The van der Waals surface area contributed by atoms with Gasteiger partial charge < -0.3 is 19.7 Å². The summed E-state index contributed by atoms with van der Waals surface area (Å²) in [5, 5.41) is 3.08. The number of amides is 2. The summed E-state index contributed by atoms with van der Waals surface area (Å²) < 4.78 is 12.4. The number of nitrogens with one attached hydrogen (secondary N) is 1. The Morgan fingerprint density at radius 1 is 0.850 bits per heavy atom. The van der Waals surface area contributed by atoms with E-state index in [1.54, 1.807) is 4.90 Å². The fraction of sp³-hybridized carbons (Fsp3) is 0.394. The van der Waals surface area contributed by atoms with Crippen molar-refractivity contribution in [2.24, 2.45) is 5.92 Å². The Labute approximate surface area is 247 Å². The third-order valence-electron chi connectivity index (χ3n) is 6.43. The highest BCUT2D eigenvalue weighted by Crippen LogP contribution is 2.29. The number of aryl methyl sites for hydroxylation is 1. The van der Waals surface area contributed by atoms with Gasteiger partial charge in [0.2, 0.25) is 11.8 Å². The van der Waals surface area contributed by atoms with Crippen molar-refractivity contribution in [3.8, 4) is 11.5 Å². The van der Waals surface area contributed by atoms with Gasteiger partial charge in [-0.25, -0.2) is 0 Å². The molecule has 0 bridgehead atoms. The lowest BCUT2D eigenvalue weighted by Crippen LogP contribution is -2.51. The van der Waals surface area contributed by atoms with Crippen LogP contribution in [-0.4, -0.2) is 42.5 Å². The molecule has 0 fully saturated rings. The highest BCUT2D eigenvalue weighted by molar-refractivity contribution is 9.10. The summed E-state index contributed by atoms with van der Waals surface area (Å²) in [6.07, 6.45) is 1.21. The van der Waals surface area contributed by atoms with Gasteiger partial charge in [-0.2, -0.15) is 0 Å². The molecule has 6 nitrogen and oxygen atoms in total. The number of nitrogens with zero attached hydrogens (tertiary/aromatic N) is 1. The molecule has 0 aliphatic rings. The second-order valence-corrected chi connectivity index (χ2v) is 11.1. The van der Waals surface area contributed by atoms with E-state index in [1.807, 2.05) is 86.6 Å². The zero-order valence-corrected chi connectivity index (χ0v) is 25.6. The second-order valence-electron chi connectivity index (χ2n) is 10.1. The molecule has 0 saturated carbocycles. The van der Waals surface area contributed by atoms with Gasteiger partial charge >= 0.3 is 0 Å². The predicted octanol–water partition coefficient (Wildman–Crippen LogP) is 6.59. The summed E-state index contributed by atoms with van der Waals surface area (Å²) in [5.74, 6) is 1.46. The molecule has 3 aromatic carbocycles. The van der Waals surface area contributed by atoms with Crippen molar-refractivity contribution >= 4 is 27.7 Å². The second kappa shape index (κ2) is 16.1. The SMILES string of the molecule is CCOc1ccc(CCC(=O)N(Cc2cccc(Br)c2)[C@@H](Cc2ccccc2)C(=O)NCC(C)C)cc1OCC. The molecule has 0 spiro atoms. The molecule has 1 atom stereocenters. The van der Waals surface area contributed by atoms with Crippen LogP contribution in [0.2, 0.25) is 0 Å². The van der Waals surface area contributed by atoms with Crippen molar-refractivity contribution in [1.82, 2.24) is 10.2 Å². The third kappa shape index (κ3) is 9.70. The van der Waals surface area contributed by atoms with Gasteiger partial charge in [0.25, 0.3) is 0 Å². The molecule has 0 unspecified atom stereocenters. The predicted molar refractivity (Wildman–Crippen MR) is 164 cm³/mol. The topological polar surface area (TPSA) is 67.9 Å². The average molecular weight is 610 g/mol. The van der Waals surface area contributed by atoms with E-state index in [2.05, 4.69) is 35.1 Å². The fourth-order valence-corrected chi connectivity index (χ4v) is 4.90. The van der Waals surface area contributed by atoms with E-state index in [-0.39, 0.29) is 18.2 Å². The maximum Gasteiger partial charge on any atom is 0.243 e. The lowest BCUT2D eigenvalue weighted by atomic mass is 10.0. The molecule has 0 saturated heterocycles. The Morgan fingerprint density at radius 2 is 1.55 bits per heavy atom. The van der Waals surface area contributed by atoms with Crippen molar-refractivity contribution < 1.29 is 19.1 Å². The summed E-state index contributed by atoms with van der Waals surface area (Å²) in [6, 6.07) is 22.9. The Kier molecular flexibility index (Phi) is 12.5. The highest BCUT2D eigenvalue weighted by Gasteiger charge is 2.30. The molecular formula is C33H41BrN2O4. The van der Waals surface area contributed by atoms with E-state index in [9.17, 15) is 9.59 Å². The maximum absolute atomic E-state index is 13.9. The molecule has 40 heavy (non-hydrogen) atoms. The molecule has 3 rings (SSSR count). The number of carbonyl (C=O) groups is 2. The van der Waals surface area contributed by atoms with Gasteiger partial charge in [-0.15, -0.1) is 0 Å². The maximum atomic E-state index is 13.9. The van der Waals surface area contributed by atoms with E-state index >= 15 is 0 Å². The first-order valence-corrected chi connectivity index (χ1v) is 14.8. The summed E-state index contributed by atoms with van der Waals surface area (Å²) in [7, 11) is 0. The van der Waals surface area contributed by atoms with Gasteiger partial charge in [0, 0.05) is 30.4 Å². The summed E-state index contributed by atoms with van der Waals surface area (Å²) in [6.45, 7) is 9.94. The molecule has 214 valence electrons. The minimum atomic E-state index is -0.646. The zero-order valence-electron chi connectivity index (χ0n) is 24.0. The van der Waals surface area contributed by atoms with Gasteiger partial charge in [-0.3, -0.25) is 9.59 Å². The Balaban J connectivity index is 1.89. The largest absolute Gasteiger partial charge is 0.490 e. The minimum Gasteiger partial charge on any atom is -0.490 e. The fourth-order valence-electron chi connectivity index (χ4n) is 4.45. The number of halogens is 1. The van der Waals surface area contributed by atoms with Crippen LogP contribution < -0.4 is 14.8 Å². The molecule has 1 N–H and O–H groups in total. The molecule has 2 amide bonds. The van der Waals surface area contributed by atoms with Crippen LogP contribution in [0.15, 0.2) is 77.3 Å². The normalized spacial score (nSPS) is 11.7. The van der Waals surface area contributed by atoms with Gasteiger partial charge in [-0.1, -0.05) is 78.3 Å². The number of benzene rings is 3. The van der Waals surface area contributed by atoms with Crippen molar-refractivity contribution in [2.75, 3.05) is 19.8 Å². The smallest absolute Gasteiger partial charge is 0.243 e. The summed E-state index contributed by atoms with van der Waals surface area (Å²) >= 11 is 3.54. The zero-order chi connectivity index (χ0) is 28.9. The van der Waals surface area contributed by atoms with Crippen LogP contribution in [0.5, 0.6) is 11.5 Å². The van der Waals surface area contributed by atoms with Crippen LogP contribution in [-0.2, 0) is 29.0 Å². The van der Waals surface area contributed by atoms with Gasteiger partial charge in [0.1, 0.15) is 6.04 Å². The number of rotatable bonds is 15. The lowest BCUT2D eigenvalue weighted by molar-refractivity contribution is -0.141. The van der Waals surface area contributed by atoms with Crippen molar-refractivity contribution in [2.45, 2.75) is 59.5 Å². The molecule has 7 heteroatoms. The monoisotopic (exact) mass is 608 g/mol. The number of carbonyl (C=O) groups excluding carboxylic acids is 2. The summed E-state index contributed by atoms with van der Waals surface area (Å²) in [4.78, 5) is 29.3. The number of hydrogen-bond donors (Lipinski definition) is 1. The third-order valence-corrected chi connectivity index (χ3v) is 6.93. The van der Waals surface area contributed by atoms with Crippen molar-refractivity contribution in [3.63, 3.8) is 0 Å². The van der Waals surface area contributed by atoms with Crippen LogP contribution in [0.3, 0.4) is 0 Å². The minimum absolute atomic E-state index is 0.0764. The first-order chi connectivity index (χ1) is 19.3. The highest BCUT2D eigenvalue weighted by atomic mass is 79.9. The summed E-state index contributed by atoms with van der Waals surface area (Å²) in [5.41, 5.74) is 2.94. The molecular weight excluding hydrogens is 568 g/mol. The average Bonchev–Trinajstić information content (AvgIpc) is 2.94. The number of ether oxygens (including phenoxy) is 2. The van der Waals surface area contributed by atoms with Crippen LogP contribution in [0.4, 0.5) is 0 Å². The van der Waals surface area contributed by atoms with E-state index in [0.29, 0.717) is 56.6 Å². The molecule has 0 heterocycles. The molecule has 0 aromatic heterocycles. The molecule has 3 aromatic rings. The Hall–Kier alpha value is -3.32. The Morgan fingerprint density at radius 3 is 2.23 bits per heavy atom. The standard InChI is InChI=1S/C33H41BrN2O4/c1-5-39-30-17-15-26(21-31(30)40-6-2)16-18-32(37)36(23-27-13-10-14-28(34)19-27)29(33(38)35-22-24(3)4)20-25-11-8-7-9-12-25/h7-15,17,19,21,24,29H,5-6,16,18,20,22-23H2,1-4H3,(H,35,38)/t29-/m0/s1. The van der Waals surface area contributed by atoms with Crippen LogP contribution in [0.25, 0.3) is 0 Å². The van der Waals surface area contributed by atoms with Crippen LogP contribution in [0, 0.1) is 5.92 Å². The van der Waals surface area contributed by atoms with Gasteiger partial charge in [0.05, 0.1) is 13.2 Å². The van der Waals surface area contributed by atoms with E-state index in [4.69, 9.17) is 9.47 Å². The Bertz CT molecular complexity index is 1230. The van der Waals surface area contributed by atoms with E-state index < -0.39 is 6.04 Å². The first kappa shape index (κ1) is 31.2. The molecule has 0 aliphatic carbocycles. The van der Waals surface area contributed by atoms with Crippen LogP contribution in [0.1, 0.15) is 50.8 Å². The molecule has 0 aliphatic heterocycles. The van der Waals surface area contributed by atoms with Crippen LogP contribution >= 0.6 is 15.9 Å². The van der Waals surface area contributed by atoms with E-state index in [0.717, 1.165) is 21.2 Å². The number of hydrogen-bond acceptors (Lipinski definition) is 4. The van der Waals surface area contributed by atoms with Crippen molar-refractivity contribution in [1.29, 1.82) is 0 Å². The van der Waals surface area contributed by atoms with E-state index in [1.165, 1.54) is 0 Å². The van der Waals surface area contributed by atoms with Crippen molar-refractivity contribution in [3.05, 3.63) is 94.0 Å². The van der Waals surface area contributed by atoms with Gasteiger partial charge in [0.15, 0.2) is 11.5 Å². The lowest BCUT2D eigenvalue weighted by Gasteiger charge is -2.32. The quantitative estimate of drug-likeness (QED) is 0.211. The molecule has 0 radical (unpaired) electrons. The van der Waals surface area contributed by atoms with Gasteiger partial charge in [-0.05, 0) is 67.1 Å².